The van der Waals surface area contributed by atoms with Gasteiger partial charge in [-0.15, -0.1) is 10.2 Å². The summed E-state index contributed by atoms with van der Waals surface area (Å²) in [6, 6.07) is 6.81. The topological polar surface area (TPSA) is 93.8 Å². The van der Waals surface area contributed by atoms with E-state index in [1.165, 1.54) is 31.4 Å². The van der Waals surface area contributed by atoms with E-state index < -0.39 is 0 Å². The van der Waals surface area contributed by atoms with Gasteiger partial charge in [-0.2, -0.15) is 0 Å². The number of carbonyl (C=O) groups excluding carboxylic acids is 1. The van der Waals surface area contributed by atoms with Crippen LogP contribution in [0.3, 0.4) is 0 Å². The maximum absolute atomic E-state index is 13.8. The normalized spacial score (nSPS) is 29.0. The molecule has 1 N–H and O–H groups in total. The molecule has 0 bridgehead atoms. The Morgan fingerprint density at radius 3 is 2.75 bits per heavy atom. The molecule has 36 heavy (non-hydrogen) atoms. The van der Waals surface area contributed by atoms with Gasteiger partial charge in [0.25, 0.3) is 0 Å². The van der Waals surface area contributed by atoms with Crippen molar-refractivity contribution in [1.29, 1.82) is 0 Å². The number of aromatic nitrogens is 6. The number of nitrogens with zero attached hydrogens (tertiary/aromatic N) is 7. The van der Waals surface area contributed by atoms with Crippen LogP contribution in [0.15, 0.2) is 37.1 Å². The van der Waals surface area contributed by atoms with E-state index in [-0.39, 0.29) is 17.9 Å². The Labute approximate surface area is 211 Å². The first-order valence-electron chi connectivity index (χ1n) is 13.6. The molecule has 1 amide bonds. The van der Waals surface area contributed by atoms with Gasteiger partial charge >= 0.3 is 0 Å². The molecule has 9 heteroatoms. The number of imidazole rings is 1. The molecular formula is C27H34N8O. The van der Waals surface area contributed by atoms with Crippen LogP contribution in [0.1, 0.15) is 82.0 Å². The zero-order chi connectivity index (χ0) is 24.2. The fourth-order valence-corrected chi connectivity index (χ4v) is 6.67. The lowest BCUT2D eigenvalue weighted by molar-refractivity contribution is -0.127. The second kappa shape index (κ2) is 8.80. The van der Waals surface area contributed by atoms with E-state index in [2.05, 4.69) is 42.8 Å². The fraction of sp³-hybridized carbons (Fsp3) is 0.593. The summed E-state index contributed by atoms with van der Waals surface area (Å²) in [5.41, 5.74) is 1.98. The van der Waals surface area contributed by atoms with Crippen LogP contribution in [0.4, 0.5) is 5.82 Å². The monoisotopic (exact) mass is 486 g/mol. The van der Waals surface area contributed by atoms with Crippen molar-refractivity contribution in [3.05, 3.63) is 42.7 Å². The minimum Gasteiger partial charge on any atom is -0.334 e. The second-order valence-electron chi connectivity index (χ2n) is 11.3. The Balaban J connectivity index is 1.13. The molecule has 4 aliphatic rings. The number of hydrogen-bond donors (Lipinski definition) is 1. The lowest BCUT2D eigenvalue weighted by Gasteiger charge is -2.45. The molecule has 0 spiro atoms. The minimum absolute atomic E-state index is 0.0701. The van der Waals surface area contributed by atoms with Crippen LogP contribution in [-0.2, 0) is 4.79 Å². The predicted molar refractivity (Wildman–Crippen MR) is 135 cm³/mol. The Morgan fingerprint density at radius 2 is 1.92 bits per heavy atom. The van der Waals surface area contributed by atoms with Crippen molar-refractivity contribution >= 4 is 11.7 Å². The molecule has 4 unspecified atom stereocenters. The standard InChI is InChI=1S/C27H34N8O/c1-17-11-22-20(12-24(17)33-13-23(28-14-33)18-9-10-18)27(36)35(15-29-22)25-8-4-7-21(31-25)26-32-30-16-34(26)19-5-2-3-6-19/h4,7-8,13-14,16-20,22,24,29H,2-3,5-6,9-12,15H2,1H3. The highest BCUT2D eigenvalue weighted by Crippen LogP contribution is 2.43. The van der Waals surface area contributed by atoms with Crippen molar-refractivity contribution in [3.8, 4) is 11.5 Å². The SMILES string of the molecule is CC1CC2NCN(c3cccc(-c4nncn4C4CCCC4)n3)C(=O)C2CC1n1cnc(C2CC2)c1. The third kappa shape index (κ3) is 3.84. The largest absolute Gasteiger partial charge is 0.334 e. The van der Waals surface area contributed by atoms with E-state index >= 15 is 0 Å². The Kier molecular flexibility index (Phi) is 5.41. The van der Waals surface area contributed by atoms with Crippen LogP contribution in [0.2, 0.25) is 0 Å². The van der Waals surface area contributed by atoms with Crippen molar-refractivity contribution < 1.29 is 4.79 Å². The number of amides is 1. The maximum Gasteiger partial charge on any atom is 0.234 e. The molecule has 4 heterocycles. The highest BCUT2D eigenvalue weighted by molar-refractivity contribution is 5.95. The first kappa shape index (κ1) is 22.2. The lowest BCUT2D eigenvalue weighted by atomic mass is 9.74. The van der Waals surface area contributed by atoms with E-state index in [1.54, 1.807) is 0 Å². The van der Waals surface area contributed by atoms with Gasteiger partial charge in [0.1, 0.15) is 17.8 Å². The zero-order valence-corrected chi connectivity index (χ0v) is 20.8. The Morgan fingerprint density at radius 1 is 1.06 bits per heavy atom. The van der Waals surface area contributed by atoms with Gasteiger partial charge < -0.3 is 9.13 Å². The molecule has 7 rings (SSSR count). The maximum atomic E-state index is 13.8. The first-order valence-corrected chi connectivity index (χ1v) is 13.6. The summed E-state index contributed by atoms with van der Waals surface area (Å²) in [6.07, 6.45) is 15.1. The van der Waals surface area contributed by atoms with Crippen LogP contribution in [0, 0.1) is 11.8 Å². The molecule has 0 aromatic carbocycles. The Bertz CT molecular complexity index is 1260. The molecule has 3 aromatic rings. The molecule has 4 atom stereocenters. The van der Waals surface area contributed by atoms with Crippen molar-refractivity contribution in [2.75, 3.05) is 11.6 Å². The molecular weight excluding hydrogens is 452 g/mol. The summed E-state index contributed by atoms with van der Waals surface area (Å²) < 4.78 is 4.44. The van der Waals surface area contributed by atoms with Gasteiger partial charge in [0, 0.05) is 30.2 Å². The summed E-state index contributed by atoms with van der Waals surface area (Å²) >= 11 is 0. The fourth-order valence-electron chi connectivity index (χ4n) is 6.67. The summed E-state index contributed by atoms with van der Waals surface area (Å²) in [7, 11) is 0. The minimum atomic E-state index is -0.0701. The Hall–Kier alpha value is -3.07. The van der Waals surface area contributed by atoms with Crippen molar-refractivity contribution in [3.63, 3.8) is 0 Å². The van der Waals surface area contributed by atoms with Crippen LogP contribution in [0.5, 0.6) is 0 Å². The van der Waals surface area contributed by atoms with Gasteiger partial charge in [-0.25, -0.2) is 9.97 Å². The van der Waals surface area contributed by atoms with Gasteiger partial charge in [0.15, 0.2) is 5.82 Å². The van der Waals surface area contributed by atoms with Crippen molar-refractivity contribution in [2.45, 2.75) is 82.3 Å². The predicted octanol–water partition coefficient (Wildman–Crippen LogP) is 4.08. The van der Waals surface area contributed by atoms with E-state index in [9.17, 15) is 4.79 Å². The van der Waals surface area contributed by atoms with Gasteiger partial charge in [-0.05, 0) is 56.6 Å². The molecule has 1 saturated heterocycles. The summed E-state index contributed by atoms with van der Waals surface area (Å²) in [5, 5.41) is 12.2. The van der Waals surface area contributed by atoms with E-state index in [0.29, 0.717) is 36.4 Å². The number of fused-ring (bicyclic) bond motifs is 1. The molecule has 0 radical (unpaired) electrons. The van der Waals surface area contributed by atoms with Gasteiger partial charge in [-0.1, -0.05) is 25.8 Å². The summed E-state index contributed by atoms with van der Waals surface area (Å²) in [5.74, 6) is 2.70. The molecule has 3 aromatic heterocycles. The average Bonchev–Trinajstić information content (AvgIpc) is 3.30. The average molecular weight is 487 g/mol. The van der Waals surface area contributed by atoms with E-state index in [1.807, 2.05) is 35.8 Å². The van der Waals surface area contributed by atoms with E-state index in [0.717, 1.165) is 37.2 Å². The van der Waals surface area contributed by atoms with E-state index in [4.69, 9.17) is 4.98 Å². The van der Waals surface area contributed by atoms with Crippen molar-refractivity contribution in [2.24, 2.45) is 11.8 Å². The van der Waals surface area contributed by atoms with Crippen LogP contribution in [0.25, 0.3) is 11.5 Å². The van der Waals surface area contributed by atoms with Gasteiger partial charge in [0.05, 0.1) is 24.6 Å². The lowest BCUT2D eigenvalue weighted by Crippen LogP contribution is -2.60. The van der Waals surface area contributed by atoms with Gasteiger partial charge in [0.2, 0.25) is 5.91 Å². The molecule has 1 aliphatic heterocycles. The van der Waals surface area contributed by atoms with Crippen LogP contribution < -0.4 is 10.2 Å². The summed E-state index contributed by atoms with van der Waals surface area (Å²) in [6.45, 7) is 2.79. The molecule has 3 aliphatic carbocycles. The number of pyridine rings is 1. The number of nitrogens with one attached hydrogen (secondary N) is 1. The second-order valence-corrected chi connectivity index (χ2v) is 11.3. The number of carbonyl (C=O) groups is 1. The number of rotatable bonds is 5. The molecule has 188 valence electrons. The molecule has 4 fully saturated rings. The highest BCUT2D eigenvalue weighted by Gasteiger charge is 2.44. The number of hydrogen-bond acceptors (Lipinski definition) is 6. The van der Waals surface area contributed by atoms with Crippen molar-refractivity contribution in [1.82, 2.24) is 34.6 Å². The van der Waals surface area contributed by atoms with Gasteiger partial charge in [-0.3, -0.25) is 15.0 Å². The quantitative estimate of drug-likeness (QED) is 0.584. The molecule has 3 saturated carbocycles. The molecule has 9 nitrogen and oxygen atoms in total. The highest BCUT2D eigenvalue weighted by atomic mass is 16.2. The zero-order valence-electron chi connectivity index (χ0n) is 20.8. The van der Waals surface area contributed by atoms with Crippen LogP contribution in [-0.4, -0.2) is 47.9 Å². The first-order chi connectivity index (χ1) is 17.7. The number of anilines is 1. The third-order valence-corrected chi connectivity index (χ3v) is 8.89. The van der Waals surface area contributed by atoms with Crippen LogP contribution >= 0.6 is 0 Å². The smallest absolute Gasteiger partial charge is 0.234 e. The summed E-state index contributed by atoms with van der Waals surface area (Å²) in [4.78, 5) is 25.2. The third-order valence-electron chi connectivity index (χ3n) is 8.89.